The molecule has 5 aliphatic heterocycles. The first-order chi connectivity index (χ1) is 37.0. The van der Waals surface area contributed by atoms with Gasteiger partial charge in [-0.3, -0.25) is 4.79 Å². The lowest BCUT2D eigenvalue weighted by Gasteiger charge is -2.19. The number of carbonyl (C=O) groups is 1. The van der Waals surface area contributed by atoms with Gasteiger partial charge in [0, 0.05) is 75.2 Å². The first-order valence-corrected chi connectivity index (χ1v) is 27.3. The summed E-state index contributed by atoms with van der Waals surface area (Å²) in [6.45, 7) is 10.5. The second kappa shape index (κ2) is 35.0. The maximum Gasteiger partial charge on any atom is 0.219 e. The maximum atomic E-state index is 12.9. The summed E-state index contributed by atoms with van der Waals surface area (Å²) in [4.78, 5) is 34.9. The summed E-state index contributed by atoms with van der Waals surface area (Å²) in [5.41, 5.74) is 10.9. The van der Waals surface area contributed by atoms with Crippen LogP contribution in [0.15, 0.2) is 110 Å². The number of terminal acetylenes is 1. The molecule has 0 unspecified atom stereocenters. The summed E-state index contributed by atoms with van der Waals surface area (Å²) < 4.78 is 44.6. The van der Waals surface area contributed by atoms with Gasteiger partial charge in [-0.1, -0.05) is 51.4 Å². The largest absolute Gasteiger partial charge is 0.382 e. The van der Waals surface area contributed by atoms with Crippen molar-refractivity contribution in [3.8, 4) is 12.3 Å². The third-order valence-corrected chi connectivity index (χ3v) is 13.0. The van der Waals surface area contributed by atoms with Crippen LogP contribution < -0.4 is 10.6 Å². The third kappa shape index (κ3) is 19.9. The molecule has 0 spiro atoms. The highest BCUT2D eigenvalue weighted by Gasteiger charge is 2.27. The van der Waals surface area contributed by atoms with E-state index in [9.17, 15) is 4.79 Å². The van der Waals surface area contributed by atoms with Crippen LogP contribution in [0.25, 0.3) is 11.1 Å². The molecule has 16 heteroatoms. The zero-order valence-corrected chi connectivity index (χ0v) is 45.0. The Hall–Kier alpha value is -5.48. The van der Waals surface area contributed by atoms with E-state index in [0.29, 0.717) is 131 Å². The highest BCUT2D eigenvalue weighted by molar-refractivity contribution is 6.31. The minimum Gasteiger partial charge on any atom is -0.382 e. The van der Waals surface area contributed by atoms with Crippen LogP contribution in [0, 0.1) is 12.3 Å². The summed E-state index contributed by atoms with van der Waals surface area (Å²) in [6, 6.07) is 4.24. The minimum absolute atomic E-state index is 0.113. The molecule has 0 aromatic carbocycles. The predicted octanol–water partition coefficient (Wildman–Crippen LogP) is 8.95. The van der Waals surface area contributed by atoms with Crippen molar-refractivity contribution in [1.29, 1.82) is 0 Å². The molecule has 1 aromatic rings. The number of aliphatic imine (C=N–C) groups is 3. The molecule has 0 saturated heterocycles. The summed E-state index contributed by atoms with van der Waals surface area (Å²) in [7, 11) is 3.31. The number of fused-ring (bicyclic) bond motifs is 5. The zero-order valence-electron chi connectivity index (χ0n) is 45.0. The lowest BCUT2D eigenvalue weighted by molar-refractivity contribution is -0.121. The zero-order chi connectivity index (χ0) is 52.6. The summed E-state index contributed by atoms with van der Waals surface area (Å²) in [5.74, 6) is 3.76. The van der Waals surface area contributed by atoms with E-state index in [2.05, 4.69) is 77.1 Å². The van der Waals surface area contributed by atoms with Crippen LogP contribution in [0.2, 0.25) is 0 Å². The molecule has 75 heavy (non-hydrogen) atoms. The number of nitrogens with one attached hydrogen (secondary N) is 3. The molecule has 0 aliphatic carbocycles. The van der Waals surface area contributed by atoms with Gasteiger partial charge in [-0.2, -0.15) is 0 Å². The second-order valence-corrected chi connectivity index (χ2v) is 18.6. The number of hydrogen-bond acceptors (Lipinski definition) is 14. The van der Waals surface area contributed by atoms with E-state index < -0.39 is 0 Å². The van der Waals surface area contributed by atoms with Gasteiger partial charge in [-0.15, -0.1) is 6.42 Å². The van der Waals surface area contributed by atoms with Crippen LogP contribution in [0.4, 0.5) is 0 Å². The van der Waals surface area contributed by atoms with Crippen molar-refractivity contribution in [3.05, 3.63) is 106 Å². The number of rotatable bonds is 39. The Morgan fingerprint density at radius 2 is 1.05 bits per heavy atom. The molecule has 8 bridgehead atoms. The Balaban J connectivity index is 1.25. The van der Waals surface area contributed by atoms with Gasteiger partial charge < -0.3 is 58.4 Å². The molecule has 6 rings (SSSR count). The number of allylic oxidation sites excluding steroid dienone is 10. The third-order valence-electron chi connectivity index (χ3n) is 13.0. The van der Waals surface area contributed by atoms with Crippen molar-refractivity contribution >= 4 is 34.2 Å². The Morgan fingerprint density at radius 1 is 0.573 bits per heavy atom. The van der Waals surface area contributed by atoms with Crippen LogP contribution in [-0.2, 0) is 42.7 Å². The molecule has 5 aliphatic rings. The number of aromatic nitrogens is 1. The first kappa shape index (κ1) is 58.8. The number of ether oxygens (including phenoxy) is 8. The van der Waals surface area contributed by atoms with Gasteiger partial charge in [0.25, 0.3) is 0 Å². The number of amides is 1. The molecule has 0 saturated carbocycles. The van der Waals surface area contributed by atoms with Gasteiger partial charge in [-0.05, 0) is 93.5 Å². The molecule has 0 radical (unpaired) electrons. The first-order valence-electron chi connectivity index (χ1n) is 27.3. The van der Waals surface area contributed by atoms with Crippen molar-refractivity contribution in [2.45, 2.75) is 96.8 Å². The Kier molecular flexibility index (Phi) is 27.4. The van der Waals surface area contributed by atoms with E-state index in [-0.39, 0.29) is 5.91 Å². The smallest absolute Gasteiger partial charge is 0.219 e. The van der Waals surface area contributed by atoms with Gasteiger partial charge in [0.1, 0.15) is 5.82 Å². The highest BCUT2D eigenvalue weighted by Crippen LogP contribution is 2.36. The molecule has 1 amide bonds. The van der Waals surface area contributed by atoms with E-state index in [0.717, 1.165) is 106 Å². The average Bonchev–Trinajstić information content (AvgIpc) is 4.30. The van der Waals surface area contributed by atoms with Gasteiger partial charge in [0.15, 0.2) is 0 Å². The molecule has 408 valence electrons. The van der Waals surface area contributed by atoms with Crippen molar-refractivity contribution in [3.63, 3.8) is 0 Å². The quantitative estimate of drug-likeness (QED) is 0.0425. The lowest BCUT2D eigenvalue weighted by atomic mass is 10.0. The van der Waals surface area contributed by atoms with Crippen LogP contribution >= 0.6 is 0 Å². The van der Waals surface area contributed by atoms with Crippen molar-refractivity contribution in [1.82, 2.24) is 20.5 Å². The number of unbranched alkanes of at least 4 members (excludes halogenated alkanes) is 6. The molecule has 1 aromatic heterocycles. The van der Waals surface area contributed by atoms with Crippen LogP contribution in [0.1, 0.15) is 108 Å². The van der Waals surface area contributed by atoms with Crippen molar-refractivity contribution in [2.75, 3.05) is 120 Å². The van der Waals surface area contributed by atoms with Crippen LogP contribution in [-0.4, -0.2) is 153 Å². The summed E-state index contributed by atoms with van der Waals surface area (Å²) in [5, 5.41) is 6.67. The SMILES string of the molecule is C#CCN1C=CN/C1=C1/C2=NC(=C(CCCOCCOCCOCCOC)C3=NC(=C(CCCNC(=O)CCCCCCCCC)C4=NC(=C(CCCOCCOCCOCCOC)c5ccc1[nH]5)C=C4)C=C3)C=C2. The second-order valence-electron chi connectivity index (χ2n) is 18.6. The highest BCUT2D eigenvalue weighted by atomic mass is 16.6. The van der Waals surface area contributed by atoms with Gasteiger partial charge in [-0.25, -0.2) is 15.0 Å². The summed E-state index contributed by atoms with van der Waals surface area (Å²) >= 11 is 0. The molecule has 3 N–H and O–H groups in total. The molecular formula is C59H83N7O9. The molecule has 6 heterocycles. The fraction of sp³-hybridized carbons (Fsp3) is 0.559. The number of methoxy groups -OCH3 is 2. The fourth-order valence-corrected chi connectivity index (χ4v) is 9.05. The number of nitrogens with zero attached hydrogens (tertiary/aromatic N) is 4. The monoisotopic (exact) mass is 1030 g/mol. The van der Waals surface area contributed by atoms with Gasteiger partial charge >= 0.3 is 0 Å². The Labute approximate surface area is 446 Å². The molecule has 0 fully saturated rings. The standard InChI is InChI=1S/C59H83N7O9/c1-5-7-8-9-10-11-12-19-57(67)60-28-13-16-46-49-20-22-51(62-49)47(17-14-32-70-38-40-74-44-42-72-36-34-68-3)53-24-26-55(64-53)58(59-61-29-31-66(59)30-6-2)56-27-25-54(65-56)48(52-23-21-50(46)63-52)18-15-33-71-39-41-75-45-43-73-37-35-69-4/h2,20-27,29,31,61,64H,5,7-19,28,30,32-45H2,1,3-4H3,(H,60,67)/b50-46?,51-47?,54-48?,59-58-. The fourth-order valence-electron chi connectivity index (χ4n) is 9.05. The van der Waals surface area contributed by atoms with E-state index in [4.69, 9.17) is 59.3 Å². The topological polar surface area (TPSA) is 171 Å². The minimum atomic E-state index is 0.113. The van der Waals surface area contributed by atoms with Crippen molar-refractivity contribution < 1.29 is 42.7 Å². The Bertz CT molecular complexity index is 2360. The van der Waals surface area contributed by atoms with E-state index in [1.165, 1.54) is 32.1 Å². The van der Waals surface area contributed by atoms with E-state index >= 15 is 0 Å². The number of H-pyrrole nitrogens is 1. The van der Waals surface area contributed by atoms with Crippen LogP contribution in [0.5, 0.6) is 0 Å². The Morgan fingerprint density at radius 3 is 1.63 bits per heavy atom. The lowest BCUT2D eigenvalue weighted by Crippen LogP contribution is -2.24. The molecule has 0 atom stereocenters. The van der Waals surface area contributed by atoms with E-state index in [1.54, 1.807) is 14.2 Å². The van der Waals surface area contributed by atoms with Crippen LogP contribution in [0.3, 0.4) is 0 Å². The maximum absolute atomic E-state index is 12.9. The molecular weight excluding hydrogens is 951 g/mol. The van der Waals surface area contributed by atoms with Crippen molar-refractivity contribution in [2.24, 2.45) is 15.0 Å². The van der Waals surface area contributed by atoms with Gasteiger partial charge in [0.05, 0.1) is 131 Å². The van der Waals surface area contributed by atoms with E-state index in [1.807, 2.05) is 17.3 Å². The normalized spacial score (nSPS) is 16.7. The van der Waals surface area contributed by atoms with Gasteiger partial charge in [0.2, 0.25) is 5.91 Å². The average molecular weight is 1030 g/mol. The number of aromatic amines is 1. The predicted molar refractivity (Wildman–Crippen MR) is 298 cm³/mol. The summed E-state index contributed by atoms with van der Waals surface area (Å²) in [6.07, 6.45) is 35.5. The number of hydrogen-bond donors (Lipinski definition) is 3. The number of carbonyl (C=O) groups excluding carboxylic acids is 1. The molecule has 16 nitrogen and oxygen atoms in total.